The van der Waals surface area contributed by atoms with Crippen LogP contribution in [0.3, 0.4) is 0 Å². The van der Waals surface area contributed by atoms with Gasteiger partial charge in [0.25, 0.3) is 5.91 Å². The number of nitrogens with zero attached hydrogens (tertiary/aromatic N) is 2. The Morgan fingerprint density at radius 1 is 1.42 bits per heavy atom. The summed E-state index contributed by atoms with van der Waals surface area (Å²) in [5.41, 5.74) is -0.784. The first-order valence-electron chi connectivity index (χ1n) is 6.80. The standard InChI is InChI=1S/C13H23N3O3/c1-13(2)11(18)16(12(19)14-13)5-4-15(3)8-9-6-10(17)7-9/h9-10,17H,4-8H2,1-3H3,(H,14,19). The molecule has 3 amide bonds. The minimum atomic E-state index is -0.784. The Morgan fingerprint density at radius 2 is 2.05 bits per heavy atom. The van der Waals surface area contributed by atoms with Crippen LogP contribution in [0.4, 0.5) is 4.79 Å². The quantitative estimate of drug-likeness (QED) is 0.690. The Bertz CT molecular complexity index is 377. The van der Waals surface area contributed by atoms with Gasteiger partial charge in [0.2, 0.25) is 0 Å². The predicted molar refractivity (Wildman–Crippen MR) is 70.6 cm³/mol. The summed E-state index contributed by atoms with van der Waals surface area (Å²) in [5.74, 6) is 0.379. The number of likely N-dealkylation sites (N-methyl/N-ethyl adjacent to an activating group) is 1. The van der Waals surface area contributed by atoms with Gasteiger partial charge in [-0.15, -0.1) is 0 Å². The summed E-state index contributed by atoms with van der Waals surface area (Å²) in [6, 6.07) is -0.303. The smallest absolute Gasteiger partial charge is 0.325 e. The molecule has 108 valence electrons. The second-order valence-electron chi connectivity index (χ2n) is 6.27. The molecule has 6 nitrogen and oxygen atoms in total. The number of rotatable bonds is 5. The Balaban J connectivity index is 1.76. The van der Waals surface area contributed by atoms with Crippen molar-refractivity contribution in [1.82, 2.24) is 15.1 Å². The fraction of sp³-hybridized carbons (Fsp3) is 0.846. The van der Waals surface area contributed by atoms with Gasteiger partial charge in [-0.2, -0.15) is 0 Å². The summed E-state index contributed by atoms with van der Waals surface area (Å²) >= 11 is 0. The summed E-state index contributed by atoms with van der Waals surface area (Å²) < 4.78 is 0. The topological polar surface area (TPSA) is 72.9 Å². The van der Waals surface area contributed by atoms with Crippen LogP contribution in [0.15, 0.2) is 0 Å². The highest BCUT2D eigenvalue weighted by Crippen LogP contribution is 2.27. The average Bonchev–Trinajstić information content (AvgIpc) is 2.44. The van der Waals surface area contributed by atoms with E-state index in [9.17, 15) is 14.7 Å². The molecule has 1 aliphatic carbocycles. The maximum Gasteiger partial charge on any atom is 0.325 e. The highest BCUT2D eigenvalue weighted by molar-refractivity contribution is 6.06. The summed E-state index contributed by atoms with van der Waals surface area (Å²) in [5, 5.41) is 11.9. The Labute approximate surface area is 113 Å². The molecule has 2 rings (SSSR count). The maximum absolute atomic E-state index is 12.0. The summed E-state index contributed by atoms with van der Waals surface area (Å²) in [6.45, 7) is 5.42. The molecular weight excluding hydrogens is 246 g/mol. The van der Waals surface area contributed by atoms with Crippen molar-refractivity contribution in [3.63, 3.8) is 0 Å². The number of carbonyl (C=O) groups is 2. The number of carbonyl (C=O) groups excluding carboxylic acids is 2. The van der Waals surface area contributed by atoms with Crippen molar-refractivity contribution < 1.29 is 14.7 Å². The first-order chi connectivity index (χ1) is 8.79. The molecule has 2 aliphatic rings. The molecule has 1 saturated carbocycles. The molecule has 2 fully saturated rings. The van der Waals surface area contributed by atoms with Crippen molar-refractivity contribution in [3.05, 3.63) is 0 Å². The van der Waals surface area contributed by atoms with E-state index in [0.717, 1.165) is 19.4 Å². The average molecular weight is 269 g/mol. The molecule has 0 atom stereocenters. The Hall–Kier alpha value is -1.14. The Kier molecular flexibility index (Phi) is 3.82. The number of hydrogen-bond donors (Lipinski definition) is 2. The van der Waals surface area contributed by atoms with E-state index < -0.39 is 5.54 Å². The Morgan fingerprint density at radius 3 is 2.53 bits per heavy atom. The van der Waals surface area contributed by atoms with E-state index in [0.29, 0.717) is 19.0 Å². The number of urea groups is 1. The molecule has 0 spiro atoms. The second kappa shape index (κ2) is 5.09. The third-order valence-corrected chi connectivity index (χ3v) is 3.93. The van der Waals surface area contributed by atoms with Crippen LogP contribution in [-0.2, 0) is 4.79 Å². The lowest BCUT2D eigenvalue weighted by Crippen LogP contribution is -2.43. The molecule has 0 unspecified atom stereocenters. The first-order valence-corrected chi connectivity index (χ1v) is 6.80. The summed E-state index contributed by atoms with van der Waals surface area (Å²) in [6.07, 6.45) is 1.59. The van der Waals surface area contributed by atoms with Gasteiger partial charge in [0, 0.05) is 19.6 Å². The van der Waals surface area contributed by atoms with Crippen LogP contribution in [-0.4, -0.2) is 65.2 Å². The molecule has 0 aromatic rings. The predicted octanol–water partition coefficient (Wildman–Crippen LogP) is 0.0195. The molecule has 0 radical (unpaired) electrons. The number of aliphatic hydroxyl groups is 1. The van der Waals surface area contributed by atoms with Crippen LogP contribution in [0.5, 0.6) is 0 Å². The van der Waals surface area contributed by atoms with Gasteiger partial charge in [-0.25, -0.2) is 4.79 Å². The highest BCUT2D eigenvalue weighted by atomic mass is 16.3. The fourth-order valence-corrected chi connectivity index (χ4v) is 2.67. The molecule has 6 heteroatoms. The SMILES string of the molecule is CN(CCN1C(=O)NC(C)(C)C1=O)CC1CC(O)C1. The van der Waals surface area contributed by atoms with Gasteiger partial charge in [-0.1, -0.05) is 0 Å². The number of amides is 3. The molecule has 0 bridgehead atoms. The zero-order valence-electron chi connectivity index (χ0n) is 11.8. The van der Waals surface area contributed by atoms with Crippen LogP contribution >= 0.6 is 0 Å². The van der Waals surface area contributed by atoms with Crippen LogP contribution in [0.2, 0.25) is 0 Å². The highest BCUT2D eigenvalue weighted by Gasteiger charge is 2.43. The molecule has 0 aromatic heterocycles. The first kappa shape index (κ1) is 14.3. The van der Waals surface area contributed by atoms with E-state index in [2.05, 4.69) is 10.2 Å². The van der Waals surface area contributed by atoms with E-state index in [-0.39, 0.29) is 18.0 Å². The fourth-order valence-electron chi connectivity index (χ4n) is 2.67. The number of imide groups is 1. The van der Waals surface area contributed by atoms with Gasteiger partial charge < -0.3 is 15.3 Å². The number of aliphatic hydroxyl groups excluding tert-OH is 1. The van der Waals surface area contributed by atoms with Gasteiger partial charge in [0.1, 0.15) is 5.54 Å². The van der Waals surface area contributed by atoms with E-state index in [1.54, 1.807) is 13.8 Å². The number of nitrogens with one attached hydrogen (secondary N) is 1. The van der Waals surface area contributed by atoms with Gasteiger partial charge in [-0.05, 0) is 39.7 Å². The van der Waals surface area contributed by atoms with E-state index >= 15 is 0 Å². The van der Waals surface area contributed by atoms with E-state index in [1.165, 1.54) is 4.90 Å². The van der Waals surface area contributed by atoms with Gasteiger partial charge in [-0.3, -0.25) is 9.69 Å². The van der Waals surface area contributed by atoms with Crippen LogP contribution in [0, 0.1) is 5.92 Å². The van der Waals surface area contributed by atoms with Crippen LogP contribution in [0.1, 0.15) is 26.7 Å². The largest absolute Gasteiger partial charge is 0.393 e. The zero-order valence-corrected chi connectivity index (χ0v) is 11.8. The molecule has 0 aromatic carbocycles. The van der Waals surface area contributed by atoms with Crippen molar-refractivity contribution in [2.45, 2.75) is 38.3 Å². The summed E-state index contributed by atoms with van der Waals surface area (Å²) in [7, 11) is 1.98. The lowest BCUT2D eigenvalue weighted by molar-refractivity contribution is -0.130. The third-order valence-electron chi connectivity index (χ3n) is 3.93. The van der Waals surface area contributed by atoms with Crippen molar-refractivity contribution in [3.8, 4) is 0 Å². The van der Waals surface area contributed by atoms with Crippen molar-refractivity contribution in [2.75, 3.05) is 26.7 Å². The van der Waals surface area contributed by atoms with Gasteiger partial charge >= 0.3 is 6.03 Å². The lowest BCUT2D eigenvalue weighted by atomic mass is 9.82. The lowest BCUT2D eigenvalue weighted by Gasteiger charge is -2.34. The summed E-state index contributed by atoms with van der Waals surface area (Å²) in [4.78, 5) is 27.1. The van der Waals surface area contributed by atoms with Crippen molar-refractivity contribution in [2.24, 2.45) is 5.92 Å². The second-order valence-corrected chi connectivity index (χ2v) is 6.27. The molecule has 2 N–H and O–H groups in total. The normalized spacial score (nSPS) is 29.6. The molecule has 1 saturated heterocycles. The third kappa shape index (κ3) is 3.06. The van der Waals surface area contributed by atoms with E-state index in [4.69, 9.17) is 0 Å². The monoisotopic (exact) mass is 269 g/mol. The van der Waals surface area contributed by atoms with Gasteiger partial charge in [0.05, 0.1) is 6.10 Å². The zero-order chi connectivity index (χ0) is 14.2. The minimum absolute atomic E-state index is 0.134. The van der Waals surface area contributed by atoms with E-state index in [1.807, 2.05) is 7.05 Å². The molecular formula is C13H23N3O3. The maximum atomic E-state index is 12.0. The minimum Gasteiger partial charge on any atom is -0.393 e. The van der Waals surface area contributed by atoms with Gasteiger partial charge in [0.15, 0.2) is 0 Å². The molecule has 1 aliphatic heterocycles. The van der Waals surface area contributed by atoms with Crippen LogP contribution < -0.4 is 5.32 Å². The number of hydrogen-bond acceptors (Lipinski definition) is 4. The molecule has 1 heterocycles. The van der Waals surface area contributed by atoms with Crippen molar-refractivity contribution in [1.29, 1.82) is 0 Å². The van der Waals surface area contributed by atoms with Crippen LogP contribution in [0.25, 0.3) is 0 Å². The molecule has 19 heavy (non-hydrogen) atoms. The van der Waals surface area contributed by atoms with Crippen molar-refractivity contribution >= 4 is 11.9 Å².